The molecule has 0 aromatic heterocycles. The van der Waals surface area contributed by atoms with E-state index in [2.05, 4.69) is 11.8 Å². The van der Waals surface area contributed by atoms with E-state index in [0.29, 0.717) is 23.7 Å². The van der Waals surface area contributed by atoms with E-state index < -0.39 is 0 Å². The van der Waals surface area contributed by atoms with Crippen LogP contribution in [0.4, 0.5) is 0 Å². The van der Waals surface area contributed by atoms with E-state index in [9.17, 15) is 9.59 Å². The summed E-state index contributed by atoms with van der Waals surface area (Å²) in [6.07, 6.45) is 4.11. The first kappa shape index (κ1) is 17.3. The molecule has 2 unspecified atom stereocenters. The Morgan fingerprint density at radius 1 is 1.08 bits per heavy atom. The molecule has 1 aromatic carbocycles. The number of carbonyl (C=O) groups excluding carboxylic acids is 2. The van der Waals surface area contributed by atoms with E-state index in [4.69, 9.17) is 4.74 Å². The third-order valence-electron chi connectivity index (χ3n) is 5.59. The van der Waals surface area contributed by atoms with Gasteiger partial charge in [0.05, 0.1) is 18.2 Å². The van der Waals surface area contributed by atoms with Gasteiger partial charge in [0.1, 0.15) is 5.70 Å². The number of benzene rings is 1. The number of hydrogen-bond donors (Lipinski definition) is 0. The number of likely N-dealkylation sites (tertiary alicyclic amines) is 1. The summed E-state index contributed by atoms with van der Waals surface area (Å²) < 4.78 is 5.67. The quantitative estimate of drug-likeness (QED) is 0.780. The maximum absolute atomic E-state index is 13.2. The highest BCUT2D eigenvalue weighted by molar-refractivity contribution is 6.35. The predicted octanol–water partition coefficient (Wildman–Crippen LogP) is 2.68. The van der Waals surface area contributed by atoms with Crippen molar-refractivity contribution < 1.29 is 14.3 Å². The number of carbonyl (C=O) groups is 2. The molecule has 5 nitrogen and oxygen atoms in total. The second-order valence-corrected chi connectivity index (χ2v) is 7.64. The normalized spacial score (nSPS) is 27.0. The van der Waals surface area contributed by atoms with Crippen LogP contribution in [0.15, 0.2) is 36.0 Å². The minimum absolute atomic E-state index is 0.0282. The molecule has 0 spiro atoms. The fourth-order valence-electron chi connectivity index (χ4n) is 4.27. The molecule has 138 valence electrons. The molecular weight excluding hydrogens is 328 g/mol. The van der Waals surface area contributed by atoms with Crippen molar-refractivity contribution in [1.29, 1.82) is 0 Å². The van der Waals surface area contributed by atoms with E-state index in [1.54, 1.807) is 0 Å². The third-order valence-corrected chi connectivity index (χ3v) is 5.59. The van der Waals surface area contributed by atoms with Crippen LogP contribution in [0.1, 0.15) is 38.2 Å². The smallest absolute Gasteiger partial charge is 0.277 e. The van der Waals surface area contributed by atoms with Gasteiger partial charge < -0.3 is 9.64 Å². The lowest BCUT2D eigenvalue weighted by Gasteiger charge is -2.33. The largest absolute Gasteiger partial charge is 0.376 e. The molecule has 3 aliphatic heterocycles. The van der Waals surface area contributed by atoms with E-state index in [1.165, 1.54) is 11.3 Å². The molecule has 2 fully saturated rings. The van der Waals surface area contributed by atoms with Crippen LogP contribution in [0.25, 0.3) is 5.57 Å². The molecule has 0 aliphatic carbocycles. The van der Waals surface area contributed by atoms with Gasteiger partial charge in [-0.1, -0.05) is 37.3 Å². The zero-order chi connectivity index (χ0) is 18.1. The summed E-state index contributed by atoms with van der Waals surface area (Å²) in [6, 6.07) is 9.60. The lowest BCUT2D eigenvalue weighted by molar-refractivity contribution is -0.139. The number of imide groups is 1. The summed E-state index contributed by atoms with van der Waals surface area (Å²) in [4.78, 5) is 30.0. The van der Waals surface area contributed by atoms with Crippen molar-refractivity contribution in [3.63, 3.8) is 0 Å². The first-order chi connectivity index (χ1) is 12.6. The standard InChI is InChI=1S/C21H26N2O3/c1-15-7-5-11-22(13-15)19-18(16-8-3-2-4-9-16)20(24)23(21(19)25)14-17-10-6-12-26-17/h2-4,8-9,15,17H,5-7,10-14H2,1H3. The van der Waals surface area contributed by atoms with Gasteiger partial charge in [0.15, 0.2) is 0 Å². The maximum atomic E-state index is 13.2. The molecule has 26 heavy (non-hydrogen) atoms. The van der Waals surface area contributed by atoms with Crippen LogP contribution in [0.5, 0.6) is 0 Å². The number of ether oxygens (including phenoxy) is 1. The average molecular weight is 354 g/mol. The highest BCUT2D eigenvalue weighted by Crippen LogP contribution is 2.34. The van der Waals surface area contributed by atoms with Crippen LogP contribution in [-0.4, -0.2) is 54.0 Å². The summed E-state index contributed by atoms with van der Waals surface area (Å²) in [5.74, 6) is 0.201. The Hall–Kier alpha value is -2.14. The molecule has 2 amide bonds. The van der Waals surface area contributed by atoms with Gasteiger partial charge in [0, 0.05) is 19.7 Å². The van der Waals surface area contributed by atoms with Gasteiger partial charge in [0.2, 0.25) is 0 Å². The second kappa shape index (κ2) is 7.23. The van der Waals surface area contributed by atoms with Gasteiger partial charge in [-0.15, -0.1) is 0 Å². The molecule has 5 heteroatoms. The Morgan fingerprint density at radius 3 is 2.58 bits per heavy atom. The number of piperidine rings is 1. The zero-order valence-corrected chi connectivity index (χ0v) is 15.3. The van der Waals surface area contributed by atoms with Crippen molar-refractivity contribution in [2.75, 3.05) is 26.2 Å². The molecule has 3 heterocycles. The summed E-state index contributed by atoms with van der Waals surface area (Å²) in [6.45, 7) is 4.96. The monoisotopic (exact) mass is 354 g/mol. The Balaban J connectivity index is 1.69. The molecular formula is C21H26N2O3. The minimum atomic E-state index is -0.176. The van der Waals surface area contributed by atoms with Crippen LogP contribution < -0.4 is 0 Å². The number of rotatable bonds is 4. The maximum Gasteiger partial charge on any atom is 0.277 e. The Kier molecular flexibility index (Phi) is 4.81. The number of amides is 2. The van der Waals surface area contributed by atoms with Crippen molar-refractivity contribution in [1.82, 2.24) is 9.80 Å². The second-order valence-electron chi connectivity index (χ2n) is 7.64. The van der Waals surface area contributed by atoms with Crippen LogP contribution in [-0.2, 0) is 14.3 Å². The van der Waals surface area contributed by atoms with Crippen LogP contribution in [0, 0.1) is 5.92 Å². The fraction of sp³-hybridized carbons (Fsp3) is 0.524. The van der Waals surface area contributed by atoms with E-state index >= 15 is 0 Å². The Morgan fingerprint density at radius 2 is 1.88 bits per heavy atom. The molecule has 2 atom stereocenters. The summed E-state index contributed by atoms with van der Waals surface area (Å²) in [7, 11) is 0. The SMILES string of the molecule is CC1CCCN(C2=C(c3ccccc3)C(=O)N(CC3CCCO3)C2=O)C1. The van der Waals surface area contributed by atoms with Crippen molar-refractivity contribution in [2.45, 2.75) is 38.7 Å². The molecule has 4 rings (SSSR count). The molecule has 0 N–H and O–H groups in total. The molecule has 0 radical (unpaired) electrons. The van der Waals surface area contributed by atoms with Gasteiger partial charge in [-0.3, -0.25) is 14.5 Å². The van der Waals surface area contributed by atoms with E-state index in [1.807, 2.05) is 30.3 Å². The summed E-state index contributed by atoms with van der Waals surface area (Å²) in [5.41, 5.74) is 1.97. The van der Waals surface area contributed by atoms with Gasteiger partial charge >= 0.3 is 0 Å². The summed E-state index contributed by atoms with van der Waals surface area (Å²) in [5, 5.41) is 0. The third kappa shape index (κ3) is 3.16. The van der Waals surface area contributed by atoms with Crippen LogP contribution in [0.3, 0.4) is 0 Å². The topological polar surface area (TPSA) is 49.9 Å². The zero-order valence-electron chi connectivity index (χ0n) is 15.3. The predicted molar refractivity (Wildman–Crippen MR) is 99.0 cm³/mol. The molecule has 1 aromatic rings. The van der Waals surface area contributed by atoms with Gasteiger partial charge in [0.25, 0.3) is 11.8 Å². The Labute approximate surface area is 154 Å². The lowest BCUT2D eigenvalue weighted by Crippen LogP contribution is -2.41. The van der Waals surface area contributed by atoms with Crippen molar-refractivity contribution >= 4 is 17.4 Å². The lowest BCUT2D eigenvalue weighted by atomic mass is 9.98. The highest BCUT2D eigenvalue weighted by atomic mass is 16.5. The molecule has 3 aliphatic rings. The molecule has 0 saturated carbocycles. The number of nitrogens with zero attached hydrogens (tertiary/aromatic N) is 2. The average Bonchev–Trinajstić information content (AvgIpc) is 3.24. The fourth-order valence-corrected chi connectivity index (χ4v) is 4.27. The van der Waals surface area contributed by atoms with Crippen LogP contribution in [0.2, 0.25) is 0 Å². The van der Waals surface area contributed by atoms with Crippen molar-refractivity contribution in [3.05, 3.63) is 41.6 Å². The van der Waals surface area contributed by atoms with Crippen molar-refractivity contribution in [2.24, 2.45) is 5.92 Å². The molecule has 0 bridgehead atoms. The Bertz CT molecular complexity index is 722. The first-order valence-electron chi connectivity index (χ1n) is 9.67. The summed E-state index contributed by atoms with van der Waals surface area (Å²) >= 11 is 0. The van der Waals surface area contributed by atoms with Gasteiger partial charge in [-0.05, 0) is 37.2 Å². The van der Waals surface area contributed by atoms with Gasteiger partial charge in [-0.2, -0.15) is 0 Å². The van der Waals surface area contributed by atoms with E-state index in [0.717, 1.165) is 44.5 Å². The molecule has 2 saturated heterocycles. The van der Waals surface area contributed by atoms with Gasteiger partial charge in [-0.25, -0.2) is 0 Å². The minimum Gasteiger partial charge on any atom is -0.376 e. The number of hydrogen-bond acceptors (Lipinski definition) is 4. The van der Waals surface area contributed by atoms with E-state index in [-0.39, 0.29) is 17.9 Å². The first-order valence-corrected chi connectivity index (χ1v) is 9.67. The van der Waals surface area contributed by atoms with Crippen molar-refractivity contribution in [3.8, 4) is 0 Å². The highest BCUT2D eigenvalue weighted by Gasteiger charge is 2.43. The van der Waals surface area contributed by atoms with Crippen LogP contribution >= 0.6 is 0 Å².